The lowest BCUT2D eigenvalue weighted by Gasteiger charge is -1.82. The second kappa shape index (κ2) is 4.79. The van der Waals surface area contributed by atoms with Crippen LogP contribution in [0.3, 0.4) is 0 Å². The van der Waals surface area contributed by atoms with Crippen LogP contribution in [0.2, 0.25) is 0 Å². The van der Waals surface area contributed by atoms with Crippen LogP contribution in [-0.4, -0.2) is 32.0 Å². The van der Waals surface area contributed by atoms with Gasteiger partial charge in [0.1, 0.15) is 0 Å². The zero-order valence-electron chi connectivity index (χ0n) is 2.20. The van der Waals surface area contributed by atoms with Gasteiger partial charge >= 0.3 is 7.82 Å². The first-order valence-corrected chi connectivity index (χ1v) is 2.35. The summed E-state index contributed by atoms with van der Waals surface area (Å²) in [5.74, 6) is 0. The van der Waals surface area contributed by atoms with E-state index >= 15 is 0 Å². The lowest BCUT2D eigenvalue weighted by Crippen LogP contribution is -1.66. The van der Waals surface area contributed by atoms with Gasteiger partial charge in [0, 0.05) is 0 Å². The first kappa shape index (κ1) is 15.6. The molecule has 0 aromatic heterocycles. The van der Waals surface area contributed by atoms with Crippen molar-refractivity contribution in [2.24, 2.45) is 0 Å². The fourth-order valence-electron chi connectivity index (χ4n) is 0. The second-order valence-corrected chi connectivity index (χ2v) is 1.54. The van der Waals surface area contributed by atoms with Crippen LogP contribution in [0, 0.1) is 0 Å². The summed E-state index contributed by atoms with van der Waals surface area (Å²) in [5, 5.41) is 0. The lowest BCUT2D eigenvalue weighted by molar-refractivity contribution is 0.275. The van der Waals surface area contributed by atoms with Crippen molar-refractivity contribution in [1.82, 2.24) is 0 Å². The van der Waals surface area contributed by atoms with E-state index in [-0.39, 0.29) is 24.8 Å². The molecule has 0 aliphatic rings. The van der Waals surface area contributed by atoms with Crippen LogP contribution in [-0.2, 0) is 4.57 Å². The Hall–Kier alpha value is 0.642. The maximum Gasteiger partial charge on any atom is 0.466 e. The molecular weight excluding hydrogens is 134 g/mol. The third-order valence-electron chi connectivity index (χ3n) is 0. The summed E-state index contributed by atoms with van der Waals surface area (Å²) in [7, 11) is -4.64. The standard InChI is InChI=1S/CH4.Al.H3O4P.3H/c;;1-5(2,3)4;;;/h1H4;;(H3,1,2,3,4);;;. The Morgan fingerprint density at radius 2 is 1.14 bits per heavy atom. The SMILES string of the molecule is C.O=P(O)(O)O.[AlH3]. The van der Waals surface area contributed by atoms with E-state index in [4.69, 9.17) is 19.2 Å². The average Bonchev–Trinajstić information content (AvgIpc) is 0.722. The molecule has 7 heavy (non-hydrogen) atoms. The van der Waals surface area contributed by atoms with Gasteiger partial charge in [-0.05, 0) is 0 Å². The predicted octanol–water partition coefficient (Wildman–Crippen LogP) is -1.48. The summed E-state index contributed by atoms with van der Waals surface area (Å²) < 4.78 is 8.88. The fraction of sp³-hybridized carbons (Fsp3) is 1.00. The molecule has 0 fully saturated rings. The Labute approximate surface area is 52.6 Å². The number of hydrogen-bond donors (Lipinski definition) is 3. The molecule has 0 amide bonds. The van der Waals surface area contributed by atoms with Crippen molar-refractivity contribution in [2.45, 2.75) is 7.43 Å². The molecule has 46 valence electrons. The maximum absolute atomic E-state index is 8.88. The van der Waals surface area contributed by atoms with Crippen LogP contribution in [0.4, 0.5) is 0 Å². The van der Waals surface area contributed by atoms with Gasteiger partial charge in [-0.15, -0.1) is 0 Å². The van der Waals surface area contributed by atoms with Gasteiger partial charge in [-0.3, -0.25) is 0 Å². The molecule has 0 unspecified atom stereocenters. The Bertz CT molecular complexity index is 57.8. The van der Waals surface area contributed by atoms with E-state index < -0.39 is 7.82 Å². The zero-order chi connectivity index (χ0) is 4.50. The topological polar surface area (TPSA) is 77.8 Å². The van der Waals surface area contributed by atoms with Crippen molar-refractivity contribution < 1.29 is 19.2 Å². The van der Waals surface area contributed by atoms with Crippen molar-refractivity contribution in [1.29, 1.82) is 0 Å². The summed E-state index contributed by atoms with van der Waals surface area (Å²) in [5.41, 5.74) is 0. The first-order valence-electron chi connectivity index (χ1n) is 0.783. The molecule has 0 aromatic carbocycles. The molecule has 0 saturated carbocycles. The lowest BCUT2D eigenvalue weighted by atomic mass is 12.0. The van der Waals surface area contributed by atoms with Crippen molar-refractivity contribution >= 4 is 25.2 Å². The minimum atomic E-state index is -4.64. The van der Waals surface area contributed by atoms with Gasteiger partial charge in [-0.25, -0.2) is 4.57 Å². The minimum Gasteiger partial charge on any atom is -0.303 e. The van der Waals surface area contributed by atoms with Gasteiger partial charge in [-0.1, -0.05) is 7.43 Å². The molecule has 0 saturated heterocycles. The molecule has 3 N–H and O–H groups in total. The van der Waals surface area contributed by atoms with Crippen molar-refractivity contribution in [3.05, 3.63) is 0 Å². The number of hydrogen-bond acceptors (Lipinski definition) is 1. The molecule has 6 heteroatoms. The highest BCUT2D eigenvalue weighted by atomic mass is 31.2. The predicted molar refractivity (Wildman–Crippen MR) is 30.9 cm³/mol. The highest BCUT2D eigenvalue weighted by Crippen LogP contribution is 2.25. The van der Waals surface area contributed by atoms with Crippen LogP contribution in [0.25, 0.3) is 0 Å². The molecule has 0 aliphatic heterocycles. The van der Waals surface area contributed by atoms with E-state index in [1.54, 1.807) is 0 Å². The van der Waals surface area contributed by atoms with Gasteiger partial charge in [0.2, 0.25) is 0 Å². The quantitative estimate of drug-likeness (QED) is 0.286. The largest absolute Gasteiger partial charge is 0.466 e. The number of rotatable bonds is 0. The highest BCUT2D eigenvalue weighted by Gasteiger charge is 2.00. The van der Waals surface area contributed by atoms with Crippen molar-refractivity contribution in [3.8, 4) is 0 Å². The molecule has 0 radical (unpaired) electrons. The van der Waals surface area contributed by atoms with Gasteiger partial charge < -0.3 is 14.7 Å². The normalized spacial score (nSPS) is 8.43. The van der Waals surface area contributed by atoms with E-state index in [0.717, 1.165) is 0 Å². The van der Waals surface area contributed by atoms with E-state index in [1.807, 2.05) is 0 Å². The Morgan fingerprint density at radius 3 is 1.14 bits per heavy atom. The monoisotopic (exact) mass is 144 g/mol. The highest BCUT2D eigenvalue weighted by molar-refractivity contribution is 7.45. The van der Waals surface area contributed by atoms with Crippen LogP contribution >= 0.6 is 7.82 Å². The van der Waals surface area contributed by atoms with Gasteiger partial charge in [0.15, 0.2) is 17.4 Å². The second-order valence-electron chi connectivity index (χ2n) is 0.513. The van der Waals surface area contributed by atoms with Crippen LogP contribution in [0.5, 0.6) is 0 Å². The Balaban J connectivity index is -0.0000000800. The van der Waals surface area contributed by atoms with E-state index in [2.05, 4.69) is 0 Å². The minimum absolute atomic E-state index is 0. The summed E-state index contributed by atoms with van der Waals surface area (Å²) in [4.78, 5) is 21.6. The molecule has 0 spiro atoms. The molecule has 0 atom stereocenters. The molecule has 0 heterocycles. The summed E-state index contributed by atoms with van der Waals surface area (Å²) in [6, 6.07) is 0. The third-order valence-corrected chi connectivity index (χ3v) is 0. The smallest absolute Gasteiger partial charge is 0.303 e. The molecule has 4 nitrogen and oxygen atoms in total. The molecular formula is CH10AlO4P. The van der Waals surface area contributed by atoms with Crippen molar-refractivity contribution in [2.75, 3.05) is 0 Å². The van der Waals surface area contributed by atoms with Crippen LogP contribution < -0.4 is 0 Å². The van der Waals surface area contributed by atoms with Gasteiger partial charge in [0.25, 0.3) is 0 Å². The Kier molecular flexibility index (Phi) is 10.7. The van der Waals surface area contributed by atoms with Crippen molar-refractivity contribution in [3.63, 3.8) is 0 Å². The summed E-state index contributed by atoms with van der Waals surface area (Å²) in [6.45, 7) is 0. The zero-order valence-corrected chi connectivity index (χ0v) is 3.09. The molecule has 0 aliphatic carbocycles. The molecule has 0 aromatic rings. The van der Waals surface area contributed by atoms with Crippen LogP contribution in [0.1, 0.15) is 7.43 Å². The Morgan fingerprint density at radius 1 is 1.14 bits per heavy atom. The van der Waals surface area contributed by atoms with E-state index in [9.17, 15) is 0 Å². The number of phosphoric acid groups is 1. The van der Waals surface area contributed by atoms with E-state index in [1.165, 1.54) is 0 Å². The van der Waals surface area contributed by atoms with Gasteiger partial charge in [0.05, 0.1) is 0 Å². The molecule has 0 bridgehead atoms. The van der Waals surface area contributed by atoms with E-state index in [0.29, 0.717) is 0 Å². The van der Waals surface area contributed by atoms with Crippen LogP contribution in [0.15, 0.2) is 0 Å². The average molecular weight is 144 g/mol. The first-order chi connectivity index (χ1) is 2.00. The summed E-state index contributed by atoms with van der Waals surface area (Å²) in [6.07, 6.45) is 0. The fourth-order valence-corrected chi connectivity index (χ4v) is 0. The third kappa shape index (κ3) is 347. The summed E-state index contributed by atoms with van der Waals surface area (Å²) >= 11 is 0. The maximum atomic E-state index is 8.88. The molecule has 0 rings (SSSR count). The van der Waals surface area contributed by atoms with Gasteiger partial charge in [-0.2, -0.15) is 0 Å².